The molecule has 5 nitrogen and oxygen atoms in total. The van der Waals surface area contributed by atoms with Crippen LogP contribution < -0.4 is 10.9 Å². The smallest absolute Gasteiger partial charge is 0.283 e. The third-order valence-corrected chi connectivity index (χ3v) is 4.57. The Hall–Kier alpha value is -0.890. The second-order valence-electron chi connectivity index (χ2n) is 3.95. The van der Waals surface area contributed by atoms with Crippen LogP contribution in [0.2, 0.25) is 4.34 Å². The molecular formula is C12H13BrClN3O2S. The van der Waals surface area contributed by atoms with E-state index in [2.05, 4.69) is 26.3 Å². The van der Waals surface area contributed by atoms with E-state index in [-0.39, 0.29) is 5.56 Å². The van der Waals surface area contributed by atoms with E-state index in [0.29, 0.717) is 29.9 Å². The first-order valence-electron chi connectivity index (χ1n) is 5.84. The average molecular weight is 379 g/mol. The Morgan fingerprint density at radius 3 is 3.00 bits per heavy atom. The van der Waals surface area contributed by atoms with Gasteiger partial charge in [0.05, 0.1) is 29.4 Å². The van der Waals surface area contributed by atoms with E-state index in [1.54, 1.807) is 13.3 Å². The molecule has 2 heterocycles. The lowest BCUT2D eigenvalue weighted by Gasteiger charge is -2.09. The molecule has 0 aliphatic carbocycles. The molecule has 108 valence electrons. The van der Waals surface area contributed by atoms with Crippen molar-refractivity contribution in [2.45, 2.75) is 13.1 Å². The van der Waals surface area contributed by atoms with Gasteiger partial charge in [0.2, 0.25) is 0 Å². The quantitative estimate of drug-likeness (QED) is 0.839. The highest BCUT2D eigenvalue weighted by Crippen LogP contribution is 2.23. The van der Waals surface area contributed by atoms with Gasteiger partial charge >= 0.3 is 0 Å². The van der Waals surface area contributed by atoms with Crippen LogP contribution in [0.15, 0.2) is 27.6 Å². The fourth-order valence-electron chi connectivity index (χ4n) is 1.55. The molecule has 0 saturated carbocycles. The highest BCUT2D eigenvalue weighted by molar-refractivity contribution is 9.10. The van der Waals surface area contributed by atoms with Crippen LogP contribution in [-0.2, 0) is 17.8 Å². The molecule has 0 bridgehead atoms. The normalized spacial score (nSPS) is 10.8. The number of thiophene rings is 1. The molecule has 0 atom stereocenters. The number of anilines is 1. The lowest BCUT2D eigenvalue weighted by atomic mass is 10.4. The van der Waals surface area contributed by atoms with Crippen LogP contribution in [0.25, 0.3) is 0 Å². The van der Waals surface area contributed by atoms with Crippen molar-refractivity contribution in [3.8, 4) is 0 Å². The minimum Gasteiger partial charge on any atom is -0.383 e. The van der Waals surface area contributed by atoms with Crippen molar-refractivity contribution in [1.29, 1.82) is 0 Å². The summed E-state index contributed by atoms with van der Waals surface area (Å²) in [6.07, 6.45) is 1.62. The zero-order chi connectivity index (χ0) is 14.5. The van der Waals surface area contributed by atoms with Crippen molar-refractivity contribution in [2.24, 2.45) is 0 Å². The second-order valence-corrected chi connectivity index (χ2v) is 6.55. The zero-order valence-electron chi connectivity index (χ0n) is 10.7. The highest BCUT2D eigenvalue weighted by Gasteiger charge is 2.09. The van der Waals surface area contributed by atoms with E-state index in [1.165, 1.54) is 16.0 Å². The summed E-state index contributed by atoms with van der Waals surface area (Å²) in [5.41, 5.74) is 0.476. The Bertz CT molecular complexity index is 644. The van der Waals surface area contributed by atoms with Crippen LogP contribution in [0, 0.1) is 0 Å². The number of rotatable bonds is 6. The molecule has 2 aromatic rings. The molecule has 1 N–H and O–H groups in total. The van der Waals surface area contributed by atoms with E-state index >= 15 is 0 Å². The molecule has 0 saturated heterocycles. The zero-order valence-corrected chi connectivity index (χ0v) is 13.9. The Morgan fingerprint density at radius 1 is 1.55 bits per heavy atom. The Kier molecular flexibility index (Phi) is 5.59. The topological polar surface area (TPSA) is 56.1 Å². The maximum Gasteiger partial charge on any atom is 0.283 e. The summed E-state index contributed by atoms with van der Waals surface area (Å²) in [5.74, 6) is 0. The third kappa shape index (κ3) is 3.82. The Balaban J connectivity index is 2.09. The Labute approximate surface area is 133 Å². The van der Waals surface area contributed by atoms with Crippen LogP contribution in [0.4, 0.5) is 5.69 Å². The van der Waals surface area contributed by atoms with E-state index < -0.39 is 0 Å². The van der Waals surface area contributed by atoms with E-state index in [0.717, 1.165) is 9.21 Å². The summed E-state index contributed by atoms with van der Waals surface area (Å²) in [4.78, 5) is 13.1. The van der Waals surface area contributed by atoms with E-state index in [1.807, 2.05) is 12.1 Å². The molecule has 0 aromatic carbocycles. The number of hydrogen-bond acceptors (Lipinski definition) is 5. The minimum atomic E-state index is -0.184. The second kappa shape index (κ2) is 7.21. The summed E-state index contributed by atoms with van der Waals surface area (Å²) in [6.45, 7) is 1.47. The van der Waals surface area contributed by atoms with Crippen molar-refractivity contribution in [3.05, 3.63) is 42.4 Å². The van der Waals surface area contributed by atoms with Gasteiger partial charge in [-0.1, -0.05) is 11.6 Å². The molecule has 0 unspecified atom stereocenters. The predicted molar refractivity (Wildman–Crippen MR) is 84.7 cm³/mol. The van der Waals surface area contributed by atoms with Gasteiger partial charge < -0.3 is 10.1 Å². The van der Waals surface area contributed by atoms with Crippen LogP contribution in [0.1, 0.15) is 4.88 Å². The molecule has 0 radical (unpaired) electrons. The molecule has 20 heavy (non-hydrogen) atoms. The standard InChI is InChI=1S/C12H13BrClN3O2S/c1-19-5-4-17-12(18)11(13)9(7-16-17)15-6-8-2-3-10(14)20-8/h2-3,7,15H,4-6H2,1H3. The number of ether oxygens (including phenoxy) is 1. The fourth-order valence-corrected chi connectivity index (χ4v) is 3.03. The van der Waals surface area contributed by atoms with E-state index in [9.17, 15) is 4.79 Å². The maximum atomic E-state index is 12.1. The van der Waals surface area contributed by atoms with Gasteiger partial charge in [-0.25, -0.2) is 4.68 Å². The van der Waals surface area contributed by atoms with Gasteiger partial charge in [0.25, 0.3) is 5.56 Å². The predicted octanol–water partition coefficient (Wildman–Crippen LogP) is 2.98. The molecule has 0 amide bonds. The Morgan fingerprint density at radius 2 is 2.35 bits per heavy atom. The largest absolute Gasteiger partial charge is 0.383 e. The van der Waals surface area contributed by atoms with Crippen molar-refractivity contribution in [1.82, 2.24) is 9.78 Å². The number of nitrogens with zero attached hydrogens (tertiary/aromatic N) is 2. The first-order chi connectivity index (χ1) is 9.61. The van der Waals surface area contributed by atoms with Crippen molar-refractivity contribution < 1.29 is 4.74 Å². The van der Waals surface area contributed by atoms with Crippen molar-refractivity contribution in [2.75, 3.05) is 19.0 Å². The summed E-state index contributed by atoms with van der Waals surface area (Å²) in [5, 5.41) is 7.27. The van der Waals surface area contributed by atoms with Gasteiger partial charge in [-0.05, 0) is 28.1 Å². The monoisotopic (exact) mass is 377 g/mol. The van der Waals surface area contributed by atoms with Crippen LogP contribution in [-0.4, -0.2) is 23.5 Å². The fraction of sp³-hybridized carbons (Fsp3) is 0.333. The van der Waals surface area contributed by atoms with Gasteiger partial charge in [-0.15, -0.1) is 11.3 Å². The number of halogens is 2. The first-order valence-corrected chi connectivity index (χ1v) is 7.83. The SMILES string of the molecule is COCCn1ncc(NCc2ccc(Cl)s2)c(Br)c1=O. The van der Waals surface area contributed by atoms with Crippen LogP contribution in [0.5, 0.6) is 0 Å². The average Bonchev–Trinajstić information content (AvgIpc) is 2.85. The molecule has 0 aliphatic heterocycles. The molecule has 2 rings (SSSR count). The number of hydrogen-bond donors (Lipinski definition) is 1. The van der Waals surface area contributed by atoms with Crippen LogP contribution in [0.3, 0.4) is 0 Å². The van der Waals surface area contributed by atoms with Crippen LogP contribution >= 0.6 is 38.9 Å². The van der Waals surface area contributed by atoms with Gasteiger partial charge in [-0.3, -0.25) is 4.79 Å². The van der Waals surface area contributed by atoms with Gasteiger partial charge in [0.1, 0.15) is 4.47 Å². The number of methoxy groups -OCH3 is 1. The van der Waals surface area contributed by atoms with Crippen molar-refractivity contribution in [3.63, 3.8) is 0 Å². The number of nitrogens with one attached hydrogen (secondary N) is 1. The van der Waals surface area contributed by atoms with E-state index in [4.69, 9.17) is 16.3 Å². The first kappa shape index (κ1) is 15.5. The third-order valence-electron chi connectivity index (χ3n) is 2.57. The summed E-state index contributed by atoms with van der Waals surface area (Å²) in [6, 6.07) is 3.79. The van der Waals surface area contributed by atoms with Gasteiger partial charge in [0, 0.05) is 18.5 Å². The summed E-state index contributed by atoms with van der Waals surface area (Å²) in [7, 11) is 1.59. The molecular weight excluding hydrogens is 366 g/mol. The molecule has 2 aromatic heterocycles. The lowest BCUT2D eigenvalue weighted by Crippen LogP contribution is -2.26. The van der Waals surface area contributed by atoms with Crippen molar-refractivity contribution >= 4 is 44.6 Å². The lowest BCUT2D eigenvalue weighted by molar-refractivity contribution is 0.181. The molecule has 0 aliphatic rings. The highest BCUT2D eigenvalue weighted by atomic mass is 79.9. The molecule has 0 spiro atoms. The molecule has 8 heteroatoms. The van der Waals surface area contributed by atoms with Gasteiger partial charge in [-0.2, -0.15) is 5.10 Å². The maximum absolute atomic E-state index is 12.1. The number of aromatic nitrogens is 2. The molecule has 0 fully saturated rings. The van der Waals surface area contributed by atoms with Gasteiger partial charge in [0.15, 0.2) is 0 Å². The summed E-state index contributed by atoms with van der Waals surface area (Å²) < 4.78 is 7.51. The summed E-state index contributed by atoms with van der Waals surface area (Å²) >= 11 is 10.7. The minimum absolute atomic E-state index is 0.184.